The Morgan fingerprint density at radius 2 is 1.60 bits per heavy atom. The lowest BCUT2D eigenvalue weighted by Crippen LogP contribution is -2.49. The van der Waals surface area contributed by atoms with Gasteiger partial charge in [0.1, 0.15) is 6.61 Å². The van der Waals surface area contributed by atoms with Crippen LogP contribution in [0, 0.1) is 0 Å². The van der Waals surface area contributed by atoms with Gasteiger partial charge in [-0.2, -0.15) is 0 Å². The highest BCUT2D eigenvalue weighted by molar-refractivity contribution is 9.10. The van der Waals surface area contributed by atoms with Gasteiger partial charge < -0.3 is 20.0 Å². The number of hydrogen-bond donors (Lipinski definition) is 1. The number of benzene rings is 3. The van der Waals surface area contributed by atoms with Crippen LogP contribution in [0.2, 0.25) is 0 Å². The van der Waals surface area contributed by atoms with E-state index in [4.69, 9.17) is 4.74 Å². The zero-order chi connectivity index (χ0) is 21.1. The van der Waals surface area contributed by atoms with Gasteiger partial charge >= 0.3 is 6.09 Å². The molecule has 1 amide bonds. The number of rotatable bonds is 6. The highest BCUT2D eigenvalue weighted by Crippen LogP contribution is 2.44. The van der Waals surface area contributed by atoms with Crippen molar-refractivity contribution >= 4 is 28.0 Å². The molecule has 1 aliphatic rings. The van der Waals surface area contributed by atoms with Crippen molar-refractivity contribution < 1.29 is 19.4 Å². The van der Waals surface area contributed by atoms with Crippen molar-refractivity contribution in [1.29, 1.82) is 0 Å². The number of amides is 1. The molecule has 6 heteroatoms. The van der Waals surface area contributed by atoms with E-state index in [0.29, 0.717) is 0 Å². The average Bonchev–Trinajstić information content (AvgIpc) is 3.06. The van der Waals surface area contributed by atoms with Crippen LogP contribution < -0.4 is 10.4 Å². The van der Waals surface area contributed by atoms with Gasteiger partial charge in [-0.05, 0) is 46.4 Å². The van der Waals surface area contributed by atoms with E-state index in [2.05, 4.69) is 33.4 Å². The molecule has 4 rings (SSSR count). The fourth-order valence-corrected chi connectivity index (χ4v) is 4.32. The first-order valence-electron chi connectivity index (χ1n) is 9.59. The normalized spacial score (nSPS) is 13.2. The summed E-state index contributed by atoms with van der Waals surface area (Å²) in [4.78, 5) is 23.9. The maximum atomic E-state index is 12.4. The van der Waals surface area contributed by atoms with Crippen molar-refractivity contribution in [3.63, 3.8) is 0 Å². The second-order valence-electron chi connectivity index (χ2n) is 7.18. The minimum absolute atomic E-state index is 0.0883. The third kappa shape index (κ3) is 4.24. The van der Waals surface area contributed by atoms with Crippen LogP contribution in [0.25, 0.3) is 11.1 Å². The number of carbonyl (C=O) groups excluding carboxylic acids is 2. The summed E-state index contributed by atoms with van der Waals surface area (Å²) in [6, 6.07) is 22.1. The van der Waals surface area contributed by atoms with Gasteiger partial charge in [0.25, 0.3) is 0 Å². The van der Waals surface area contributed by atoms with Crippen LogP contribution in [0.5, 0.6) is 0 Å². The first kappa shape index (κ1) is 20.2. The minimum atomic E-state index is -1.36. The van der Waals surface area contributed by atoms with E-state index in [1.54, 1.807) is 18.2 Å². The molecule has 5 nitrogen and oxygen atoms in total. The number of aliphatic carboxylic acids is 1. The summed E-state index contributed by atoms with van der Waals surface area (Å²) in [5.74, 6) is -1.45. The molecule has 0 unspecified atom stereocenters. The van der Waals surface area contributed by atoms with Crippen LogP contribution in [0.4, 0.5) is 4.79 Å². The number of carboxylic acid groups (broad SMARTS) is 1. The maximum Gasteiger partial charge on any atom is 0.407 e. The fourth-order valence-electron chi connectivity index (χ4n) is 3.88. The molecule has 0 spiro atoms. The Morgan fingerprint density at radius 1 is 0.967 bits per heavy atom. The average molecular weight is 465 g/mol. The van der Waals surface area contributed by atoms with E-state index in [-0.39, 0.29) is 18.9 Å². The molecule has 3 aromatic carbocycles. The van der Waals surface area contributed by atoms with Crippen molar-refractivity contribution in [3.8, 4) is 11.1 Å². The van der Waals surface area contributed by atoms with Gasteiger partial charge in [0.05, 0.1) is 12.0 Å². The summed E-state index contributed by atoms with van der Waals surface area (Å²) in [6.45, 7) is 0.122. The van der Waals surface area contributed by atoms with Gasteiger partial charge in [-0.25, -0.2) is 4.79 Å². The standard InChI is InChI=1S/C24H20BrNO4/c25-16-7-5-6-15(12-16)13-22(23(27)28)26-24(29)30-14-21-19-10-3-1-8-17(19)18-9-2-4-11-20(18)21/h1-12,21-22H,13-14H2,(H,26,29)(H,27,28)/p-1/t22-/m1/s1. The zero-order valence-electron chi connectivity index (χ0n) is 16.0. The second kappa shape index (κ2) is 8.71. The molecule has 1 aliphatic carbocycles. The summed E-state index contributed by atoms with van der Waals surface area (Å²) in [5, 5.41) is 13.9. The Bertz CT molecular complexity index is 1050. The molecule has 152 valence electrons. The Kier molecular flexibility index (Phi) is 5.86. The van der Waals surface area contributed by atoms with E-state index in [1.165, 1.54) is 0 Å². The number of fused-ring (bicyclic) bond motifs is 3. The highest BCUT2D eigenvalue weighted by atomic mass is 79.9. The van der Waals surface area contributed by atoms with E-state index >= 15 is 0 Å². The van der Waals surface area contributed by atoms with Crippen molar-refractivity contribution in [2.24, 2.45) is 0 Å². The lowest BCUT2D eigenvalue weighted by Gasteiger charge is -2.21. The molecule has 30 heavy (non-hydrogen) atoms. The molecule has 0 radical (unpaired) electrons. The number of halogens is 1. The molecule has 0 saturated heterocycles. The zero-order valence-corrected chi connectivity index (χ0v) is 17.6. The molecule has 0 fully saturated rings. The third-order valence-electron chi connectivity index (χ3n) is 5.25. The van der Waals surface area contributed by atoms with Crippen molar-refractivity contribution in [2.45, 2.75) is 18.4 Å². The summed E-state index contributed by atoms with van der Waals surface area (Å²) in [5.41, 5.74) is 5.21. The molecule has 1 N–H and O–H groups in total. The van der Waals surface area contributed by atoms with Crippen LogP contribution in [-0.2, 0) is 16.0 Å². The van der Waals surface area contributed by atoms with Crippen LogP contribution in [-0.4, -0.2) is 24.7 Å². The molecule has 0 aliphatic heterocycles. The summed E-state index contributed by atoms with van der Waals surface area (Å²) < 4.78 is 6.26. The molecular weight excluding hydrogens is 446 g/mol. The number of nitrogens with one attached hydrogen (secondary N) is 1. The van der Waals surface area contributed by atoms with Crippen LogP contribution >= 0.6 is 15.9 Å². The lowest BCUT2D eigenvalue weighted by atomic mass is 9.98. The monoisotopic (exact) mass is 464 g/mol. The summed E-state index contributed by atoms with van der Waals surface area (Å²) in [7, 11) is 0. The number of carbonyl (C=O) groups is 2. The number of hydrogen-bond acceptors (Lipinski definition) is 4. The van der Waals surface area contributed by atoms with Crippen LogP contribution in [0.1, 0.15) is 22.6 Å². The molecule has 0 bridgehead atoms. The number of alkyl carbamates (subject to hydrolysis) is 1. The topological polar surface area (TPSA) is 78.5 Å². The first-order valence-corrected chi connectivity index (χ1v) is 10.4. The van der Waals surface area contributed by atoms with E-state index in [0.717, 1.165) is 32.3 Å². The predicted molar refractivity (Wildman–Crippen MR) is 115 cm³/mol. The Balaban J connectivity index is 1.43. The van der Waals surface area contributed by atoms with Crippen molar-refractivity contribution in [3.05, 3.63) is 94.0 Å². The van der Waals surface area contributed by atoms with E-state index < -0.39 is 18.1 Å². The summed E-state index contributed by atoms with van der Waals surface area (Å²) in [6.07, 6.45) is -0.674. The Morgan fingerprint density at radius 3 is 2.20 bits per heavy atom. The van der Waals surface area contributed by atoms with Gasteiger partial charge in [0.15, 0.2) is 0 Å². The predicted octanol–water partition coefficient (Wildman–Crippen LogP) is 3.65. The highest BCUT2D eigenvalue weighted by Gasteiger charge is 2.29. The van der Waals surface area contributed by atoms with Gasteiger partial charge in [0, 0.05) is 10.4 Å². The molecule has 0 aromatic heterocycles. The fraction of sp³-hybridized carbons (Fsp3) is 0.167. The first-order chi connectivity index (χ1) is 14.5. The van der Waals surface area contributed by atoms with Crippen LogP contribution in [0.3, 0.4) is 0 Å². The van der Waals surface area contributed by atoms with Crippen LogP contribution in [0.15, 0.2) is 77.3 Å². The summed E-state index contributed by atoms with van der Waals surface area (Å²) >= 11 is 3.35. The van der Waals surface area contributed by atoms with Crippen molar-refractivity contribution in [1.82, 2.24) is 5.32 Å². The second-order valence-corrected chi connectivity index (χ2v) is 8.09. The molecular formula is C24H19BrNO4-. The van der Waals surface area contributed by atoms with Gasteiger partial charge in [-0.3, -0.25) is 0 Å². The van der Waals surface area contributed by atoms with Gasteiger partial charge in [-0.1, -0.05) is 76.6 Å². The largest absolute Gasteiger partial charge is 0.548 e. The Labute approximate surface area is 182 Å². The SMILES string of the molecule is O=C(N[C@H](Cc1cccc(Br)c1)C(=O)[O-])OCC1c2ccccc2-c2ccccc21. The smallest absolute Gasteiger partial charge is 0.407 e. The molecule has 1 atom stereocenters. The molecule has 0 heterocycles. The van der Waals surface area contributed by atoms with Gasteiger partial charge in [-0.15, -0.1) is 0 Å². The minimum Gasteiger partial charge on any atom is -0.548 e. The maximum absolute atomic E-state index is 12.4. The van der Waals surface area contributed by atoms with Gasteiger partial charge in [0.2, 0.25) is 0 Å². The molecule has 3 aromatic rings. The number of ether oxygens (including phenoxy) is 1. The number of carboxylic acids is 1. The van der Waals surface area contributed by atoms with E-state index in [9.17, 15) is 14.7 Å². The van der Waals surface area contributed by atoms with Crippen molar-refractivity contribution in [2.75, 3.05) is 6.61 Å². The quantitative estimate of drug-likeness (QED) is 0.603. The third-order valence-corrected chi connectivity index (χ3v) is 5.74. The lowest BCUT2D eigenvalue weighted by molar-refractivity contribution is -0.308. The molecule has 0 saturated carbocycles. The van der Waals surface area contributed by atoms with E-state index in [1.807, 2.05) is 42.5 Å². The Hall–Kier alpha value is -3.12.